The number of ether oxygens (including phenoxy) is 2. The molecule has 0 saturated carbocycles. The van der Waals surface area contributed by atoms with Gasteiger partial charge in [0.2, 0.25) is 0 Å². The van der Waals surface area contributed by atoms with E-state index in [0.717, 1.165) is 17.2 Å². The first-order chi connectivity index (χ1) is 8.17. The summed E-state index contributed by atoms with van der Waals surface area (Å²) in [7, 11) is 0. The van der Waals surface area contributed by atoms with Gasteiger partial charge in [-0.2, -0.15) is 0 Å². The predicted octanol–water partition coefficient (Wildman–Crippen LogP) is 2.28. The zero-order chi connectivity index (χ0) is 12.7. The van der Waals surface area contributed by atoms with E-state index in [0.29, 0.717) is 19.8 Å². The van der Waals surface area contributed by atoms with E-state index in [9.17, 15) is 5.11 Å². The maximum atomic E-state index is 9.27. The molecule has 0 radical (unpaired) electrons. The maximum Gasteiger partial charge on any atom is 0.142 e. The van der Waals surface area contributed by atoms with E-state index < -0.39 is 6.10 Å². The Morgan fingerprint density at radius 1 is 1.24 bits per heavy atom. The second kappa shape index (κ2) is 7.01. The molecule has 0 heterocycles. The molecule has 1 rings (SSSR count). The third-order valence-corrected chi connectivity index (χ3v) is 2.15. The Kier molecular flexibility index (Phi) is 5.63. The molecular formula is C13H21NO3. The number of benzene rings is 1. The van der Waals surface area contributed by atoms with Crippen molar-refractivity contribution in [3.05, 3.63) is 18.2 Å². The summed E-state index contributed by atoms with van der Waals surface area (Å²) >= 11 is 0. The Bertz CT molecular complexity index is 339. The number of aliphatic hydroxyl groups excluding tert-OH is 1. The van der Waals surface area contributed by atoms with Crippen LogP contribution in [0.3, 0.4) is 0 Å². The van der Waals surface area contributed by atoms with Crippen molar-refractivity contribution in [2.45, 2.75) is 26.9 Å². The van der Waals surface area contributed by atoms with Gasteiger partial charge in [0.05, 0.1) is 25.0 Å². The largest absolute Gasteiger partial charge is 0.494 e. The quantitative estimate of drug-likeness (QED) is 0.766. The van der Waals surface area contributed by atoms with Crippen LogP contribution in [-0.4, -0.2) is 31.0 Å². The Morgan fingerprint density at radius 3 is 2.53 bits per heavy atom. The van der Waals surface area contributed by atoms with Gasteiger partial charge in [0, 0.05) is 12.6 Å². The molecule has 4 nitrogen and oxygen atoms in total. The molecule has 0 saturated heterocycles. The van der Waals surface area contributed by atoms with Crippen LogP contribution < -0.4 is 14.8 Å². The molecule has 2 N–H and O–H groups in total. The number of aliphatic hydroxyl groups is 1. The zero-order valence-electron chi connectivity index (χ0n) is 10.7. The van der Waals surface area contributed by atoms with Crippen molar-refractivity contribution in [1.82, 2.24) is 0 Å². The first-order valence-electron chi connectivity index (χ1n) is 5.99. The normalized spacial score (nSPS) is 12.0. The van der Waals surface area contributed by atoms with E-state index >= 15 is 0 Å². The van der Waals surface area contributed by atoms with E-state index in [4.69, 9.17) is 9.47 Å². The van der Waals surface area contributed by atoms with Gasteiger partial charge in [0.25, 0.3) is 0 Å². The lowest BCUT2D eigenvalue weighted by Crippen LogP contribution is -2.16. The van der Waals surface area contributed by atoms with Crippen molar-refractivity contribution in [2.75, 3.05) is 25.1 Å². The highest BCUT2D eigenvalue weighted by Crippen LogP contribution is 2.29. The fraction of sp³-hybridized carbons (Fsp3) is 0.538. The fourth-order valence-electron chi connectivity index (χ4n) is 1.44. The van der Waals surface area contributed by atoms with Crippen LogP contribution >= 0.6 is 0 Å². The van der Waals surface area contributed by atoms with Crippen molar-refractivity contribution >= 4 is 5.69 Å². The second-order valence-electron chi connectivity index (χ2n) is 3.75. The van der Waals surface area contributed by atoms with Crippen LogP contribution in [0.2, 0.25) is 0 Å². The number of hydrogen-bond acceptors (Lipinski definition) is 4. The van der Waals surface area contributed by atoms with E-state index in [-0.39, 0.29) is 0 Å². The van der Waals surface area contributed by atoms with Crippen LogP contribution in [0.5, 0.6) is 11.5 Å². The van der Waals surface area contributed by atoms with Crippen LogP contribution in [-0.2, 0) is 0 Å². The molecule has 1 atom stereocenters. The molecule has 0 amide bonds. The van der Waals surface area contributed by atoms with Gasteiger partial charge in [-0.1, -0.05) is 0 Å². The van der Waals surface area contributed by atoms with Crippen LogP contribution in [0.25, 0.3) is 0 Å². The highest BCUT2D eigenvalue weighted by Gasteiger charge is 2.06. The summed E-state index contributed by atoms with van der Waals surface area (Å²) in [6.07, 6.45) is -0.403. The van der Waals surface area contributed by atoms with Gasteiger partial charge in [-0.15, -0.1) is 0 Å². The van der Waals surface area contributed by atoms with Crippen molar-refractivity contribution in [1.29, 1.82) is 0 Å². The molecule has 0 spiro atoms. The van der Waals surface area contributed by atoms with Crippen LogP contribution in [0.4, 0.5) is 5.69 Å². The third-order valence-electron chi connectivity index (χ3n) is 2.15. The molecule has 1 unspecified atom stereocenters. The highest BCUT2D eigenvalue weighted by molar-refractivity contribution is 5.59. The Balaban J connectivity index is 2.81. The summed E-state index contributed by atoms with van der Waals surface area (Å²) in [4.78, 5) is 0. The Morgan fingerprint density at radius 2 is 1.94 bits per heavy atom. The molecule has 96 valence electrons. The van der Waals surface area contributed by atoms with Crippen molar-refractivity contribution in [2.24, 2.45) is 0 Å². The summed E-state index contributed by atoms with van der Waals surface area (Å²) < 4.78 is 10.9. The van der Waals surface area contributed by atoms with Crippen molar-refractivity contribution in [3.8, 4) is 11.5 Å². The lowest BCUT2D eigenvalue weighted by molar-refractivity contribution is 0.208. The molecular weight excluding hydrogens is 218 g/mol. The highest BCUT2D eigenvalue weighted by atomic mass is 16.5. The van der Waals surface area contributed by atoms with Crippen molar-refractivity contribution in [3.63, 3.8) is 0 Å². The lowest BCUT2D eigenvalue weighted by Gasteiger charge is -2.15. The molecule has 1 aromatic carbocycles. The number of nitrogens with one attached hydrogen (secondary N) is 1. The standard InChI is InChI=1S/C13H21NO3/c1-4-16-11-6-7-13(17-5-2)12(8-11)14-9-10(3)15/h6-8,10,14-15H,4-5,9H2,1-3H3. The topological polar surface area (TPSA) is 50.7 Å². The van der Waals surface area contributed by atoms with Crippen LogP contribution in [0, 0.1) is 0 Å². The molecule has 0 bridgehead atoms. The fourth-order valence-corrected chi connectivity index (χ4v) is 1.44. The minimum atomic E-state index is -0.403. The Hall–Kier alpha value is -1.42. The average Bonchev–Trinajstić information content (AvgIpc) is 2.29. The van der Waals surface area contributed by atoms with Crippen molar-refractivity contribution < 1.29 is 14.6 Å². The molecule has 0 aliphatic heterocycles. The smallest absolute Gasteiger partial charge is 0.142 e. The van der Waals surface area contributed by atoms with E-state index in [2.05, 4.69) is 5.32 Å². The minimum Gasteiger partial charge on any atom is -0.494 e. The first kappa shape index (κ1) is 13.6. The van der Waals surface area contributed by atoms with Gasteiger partial charge < -0.3 is 19.9 Å². The van der Waals surface area contributed by atoms with Crippen LogP contribution in [0.15, 0.2) is 18.2 Å². The number of anilines is 1. The van der Waals surface area contributed by atoms with E-state index in [1.807, 2.05) is 32.0 Å². The monoisotopic (exact) mass is 239 g/mol. The molecule has 0 aromatic heterocycles. The molecule has 17 heavy (non-hydrogen) atoms. The third kappa shape index (κ3) is 4.53. The van der Waals surface area contributed by atoms with Gasteiger partial charge in [0.15, 0.2) is 0 Å². The number of rotatable bonds is 7. The zero-order valence-corrected chi connectivity index (χ0v) is 10.7. The molecule has 0 fully saturated rings. The molecule has 4 heteroatoms. The number of hydrogen-bond donors (Lipinski definition) is 2. The summed E-state index contributed by atoms with van der Waals surface area (Å²) in [6.45, 7) is 7.34. The minimum absolute atomic E-state index is 0.403. The lowest BCUT2D eigenvalue weighted by atomic mass is 10.2. The second-order valence-corrected chi connectivity index (χ2v) is 3.75. The molecule has 0 aliphatic carbocycles. The van der Waals surface area contributed by atoms with Gasteiger partial charge >= 0.3 is 0 Å². The maximum absolute atomic E-state index is 9.27. The molecule has 1 aromatic rings. The van der Waals surface area contributed by atoms with Crippen LogP contribution in [0.1, 0.15) is 20.8 Å². The average molecular weight is 239 g/mol. The SMILES string of the molecule is CCOc1ccc(OCC)c(NCC(C)O)c1. The first-order valence-corrected chi connectivity index (χ1v) is 5.99. The van der Waals surface area contributed by atoms with Gasteiger partial charge in [-0.25, -0.2) is 0 Å². The van der Waals surface area contributed by atoms with E-state index in [1.165, 1.54) is 0 Å². The van der Waals surface area contributed by atoms with E-state index in [1.54, 1.807) is 6.92 Å². The molecule has 0 aliphatic rings. The summed E-state index contributed by atoms with van der Waals surface area (Å²) in [5.74, 6) is 1.57. The predicted molar refractivity (Wildman–Crippen MR) is 69.0 cm³/mol. The summed E-state index contributed by atoms with van der Waals surface area (Å²) in [6, 6.07) is 5.64. The summed E-state index contributed by atoms with van der Waals surface area (Å²) in [5, 5.41) is 12.4. The Labute approximate surface area is 103 Å². The van der Waals surface area contributed by atoms with Gasteiger partial charge in [-0.05, 0) is 32.9 Å². The van der Waals surface area contributed by atoms with Gasteiger partial charge in [0.1, 0.15) is 11.5 Å². The van der Waals surface area contributed by atoms with Gasteiger partial charge in [-0.3, -0.25) is 0 Å². The summed E-state index contributed by atoms with van der Waals surface area (Å²) in [5.41, 5.74) is 0.846.